The first-order chi connectivity index (χ1) is 13.9. The molecule has 0 spiro atoms. The van der Waals surface area contributed by atoms with Crippen molar-refractivity contribution in [2.24, 2.45) is 5.10 Å². The van der Waals surface area contributed by atoms with Crippen LogP contribution in [0.2, 0.25) is 0 Å². The number of nitrogens with zero attached hydrogens (tertiary/aromatic N) is 2. The summed E-state index contributed by atoms with van der Waals surface area (Å²) in [5.74, 6) is 0.726. The number of benzene rings is 2. The molecule has 7 heteroatoms. The topological polar surface area (TPSA) is 64.8 Å². The fourth-order valence-corrected chi connectivity index (χ4v) is 3.55. The lowest BCUT2D eigenvalue weighted by atomic mass is 10.2. The molecule has 1 aromatic heterocycles. The summed E-state index contributed by atoms with van der Waals surface area (Å²) < 4.78 is 13.5. The Balaban J connectivity index is 1.80. The second kappa shape index (κ2) is 8.96. The molecule has 0 saturated carbocycles. The predicted octanol–water partition coefficient (Wildman–Crippen LogP) is 4.64. The Morgan fingerprint density at radius 2 is 1.72 bits per heavy atom. The smallest absolute Gasteiger partial charge is 0.271 e. The number of methoxy groups -OCH3 is 2. The molecule has 3 aromatic rings. The van der Waals surface area contributed by atoms with Gasteiger partial charge in [0.15, 0.2) is 0 Å². The largest absolute Gasteiger partial charge is 0.497 e. The molecule has 0 aliphatic heterocycles. The van der Waals surface area contributed by atoms with E-state index in [9.17, 15) is 4.79 Å². The number of hydrogen-bond acceptors (Lipinski definition) is 4. The van der Waals surface area contributed by atoms with Gasteiger partial charge in [-0.25, -0.2) is 5.43 Å². The Morgan fingerprint density at radius 3 is 2.34 bits per heavy atom. The highest BCUT2D eigenvalue weighted by Crippen LogP contribution is 2.26. The first-order valence-corrected chi connectivity index (χ1v) is 9.74. The van der Waals surface area contributed by atoms with Crippen LogP contribution in [0.1, 0.15) is 27.3 Å². The number of ether oxygens (including phenoxy) is 2. The first-order valence-electron chi connectivity index (χ1n) is 8.95. The van der Waals surface area contributed by atoms with Crippen molar-refractivity contribution in [3.05, 3.63) is 75.5 Å². The lowest BCUT2D eigenvalue weighted by Gasteiger charge is -2.11. The van der Waals surface area contributed by atoms with Crippen molar-refractivity contribution in [2.75, 3.05) is 14.2 Å². The van der Waals surface area contributed by atoms with E-state index in [-0.39, 0.29) is 5.91 Å². The molecule has 0 radical (unpaired) electrons. The van der Waals surface area contributed by atoms with E-state index in [4.69, 9.17) is 9.47 Å². The number of hydrogen-bond donors (Lipinski definition) is 1. The molecule has 0 atom stereocenters. The van der Waals surface area contributed by atoms with Crippen LogP contribution in [-0.2, 0) is 0 Å². The normalized spacial score (nSPS) is 10.9. The van der Waals surface area contributed by atoms with Gasteiger partial charge < -0.3 is 14.0 Å². The van der Waals surface area contributed by atoms with Crippen LogP contribution < -0.4 is 14.9 Å². The van der Waals surface area contributed by atoms with E-state index in [0.29, 0.717) is 17.1 Å². The van der Waals surface area contributed by atoms with Gasteiger partial charge in [0, 0.05) is 33.1 Å². The number of halogens is 1. The average Bonchev–Trinajstić information content (AvgIpc) is 3.01. The van der Waals surface area contributed by atoms with Gasteiger partial charge in [0.25, 0.3) is 5.91 Å². The SMILES string of the molecule is COc1cc(OC)cc(C(=O)N/N=C\c2cc(C)n(-c3ccccc3Br)c2C)c1. The molecule has 0 aliphatic carbocycles. The monoisotopic (exact) mass is 455 g/mol. The van der Waals surface area contributed by atoms with Gasteiger partial charge in [-0.05, 0) is 60.1 Å². The number of amides is 1. The molecular formula is C22H22BrN3O3. The third-order valence-electron chi connectivity index (χ3n) is 4.55. The van der Waals surface area contributed by atoms with Gasteiger partial charge in [0.2, 0.25) is 0 Å². The van der Waals surface area contributed by atoms with Gasteiger partial charge in [0.1, 0.15) is 11.5 Å². The predicted molar refractivity (Wildman–Crippen MR) is 118 cm³/mol. The number of aryl methyl sites for hydroxylation is 1. The zero-order valence-corrected chi connectivity index (χ0v) is 18.3. The Labute approximate surface area is 178 Å². The van der Waals surface area contributed by atoms with Crippen molar-refractivity contribution < 1.29 is 14.3 Å². The Bertz CT molecular complexity index is 1050. The molecule has 1 heterocycles. The van der Waals surface area contributed by atoms with Crippen LogP contribution in [0.15, 0.2) is 58.1 Å². The molecule has 0 saturated heterocycles. The standard InChI is InChI=1S/C22H22BrN3O3/c1-14-9-17(15(2)26(14)21-8-6-5-7-20(21)23)13-24-25-22(27)16-10-18(28-3)12-19(11-16)29-4/h5-13H,1-4H3,(H,25,27)/b24-13-. The molecule has 1 amide bonds. The fraction of sp³-hybridized carbons (Fsp3) is 0.182. The van der Waals surface area contributed by atoms with Crippen molar-refractivity contribution in [1.82, 2.24) is 9.99 Å². The molecular weight excluding hydrogens is 434 g/mol. The van der Waals surface area contributed by atoms with Gasteiger partial charge >= 0.3 is 0 Å². The van der Waals surface area contributed by atoms with E-state index in [2.05, 4.69) is 31.0 Å². The van der Waals surface area contributed by atoms with Crippen LogP contribution in [-0.4, -0.2) is 30.9 Å². The van der Waals surface area contributed by atoms with Crippen molar-refractivity contribution in [1.29, 1.82) is 0 Å². The fourth-order valence-electron chi connectivity index (χ4n) is 3.09. The van der Waals surface area contributed by atoms with Crippen LogP contribution in [0.4, 0.5) is 0 Å². The highest BCUT2D eigenvalue weighted by molar-refractivity contribution is 9.10. The number of rotatable bonds is 6. The molecule has 6 nitrogen and oxygen atoms in total. The molecule has 0 aliphatic rings. The van der Waals surface area contributed by atoms with Gasteiger partial charge in [-0.3, -0.25) is 4.79 Å². The molecule has 0 bridgehead atoms. The molecule has 150 valence electrons. The summed E-state index contributed by atoms with van der Waals surface area (Å²) in [4.78, 5) is 12.4. The minimum absolute atomic E-state index is 0.349. The van der Waals surface area contributed by atoms with Crippen LogP contribution in [0.3, 0.4) is 0 Å². The Hall–Kier alpha value is -3.06. The minimum atomic E-state index is -0.349. The number of aromatic nitrogens is 1. The van der Waals surface area contributed by atoms with E-state index in [1.807, 2.05) is 44.2 Å². The molecule has 0 unspecified atom stereocenters. The average molecular weight is 456 g/mol. The number of nitrogens with one attached hydrogen (secondary N) is 1. The minimum Gasteiger partial charge on any atom is -0.497 e. The summed E-state index contributed by atoms with van der Waals surface area (Å²) in [6, 6.07) is 15.0. The number of para-hydroxylation sites is 1. The Morgan fingerprint density at radius 1 is 1.07 bits per heavy atom. The van der Waals surface area contributed by atoms with Gasteiger partial charge in [-0.2, -0.15) is 5.10 Å². The zero-order valence-electron chi connectivity index (χ0n) is 16.7. The van der Waals surface area contributed by atoms with Gasteiger partial charge in [0.05, 0.1) is 26.1 Å². The maximum absolute atomic E-state index is 12.4. The quantitative estimate of drug-likeness (QED) is 0.434. The van der Waals surface area contributed by atoms with Gasteiger partial charge in [-0.1, -0.05) is 12.1 Å². The van der Waals surface area contributed by atoms with Crippen molar-refractivity contribution in [3.63, 3.8) is 0 Å². The third-order valence-corrected chi connectivity index (χ3v) is 5.22. The number of carbonyl (C=O) groups excluding carboxylic acids is 1. The highest BCUT2D eigenvalue weighted by Gasteiger charge is 2.12. The summed E-state index contributed by atoms with van der Waals surface area (Å²) >= 11 is 3.60. The molecule has 0 fully saturated rings. The maximum Gasteiger partial charge on any atom is 0.271 e. The van der Waals surface area contributed by atoms with Crippen LogP contribution in [0.5, 0.6) is 11.5 Å². The van der Waals surface area contributed by atoms with E-state index >= 15 is 0 Å². The lowest BCUT2D eigenvalue weighted by Crippen LogP contribution is -2.17. The first kappa shape index (κ1) is 20.7. The summed E-state index contributed by atoms with van der Waals surface area (Å²) in [5.41, 5.74) is 7.02. The van der Waals surface area contributed by atoms with Crippen molar-refractivity contribution >= 4 is 28.1 Å². The number of carbonyl (C=O) groups is 1. The van der Waals surface area contributed by atoms with Crippen molar-refractivity contribution in [3.8, 4) is 17.2 Å². The highest BCUT2D eigenvalue weighted by atomic mass is 79.9. The van der Waals surface area contributed by atoms with Crippen molar-refractivity contribution in [2.45, 2.75) is 13.8 Å². The van der Waals surface area contributed by atoms with E-state index in [1.165, 1.54) is 14.2 Å². The molecule has 3 rings (SSSR count). The maximum atomic E-state index is 12.4. The molecule has 1 N–H and O–H groups in total. The van der Waals surface area contributed by atoms with Crippen LogP contribution in [0.25, 0.3) is 5.69 Å². The molecule has 2 aromatic carbocycles. The van der Waals surface area contributed by atoms with E-state index in [0.717, 1.165) is 27.1 Å². The van der Waals surface area contributed by atoms with Crippen LogP contribution in [0, 0.1) is 13.8 Å². The van der Waals surface area contributed by atoms with Gasteiger partial charge in [-0.15, -0.1) is 0 Å². The Kier molecular flexibility index (Phi) is 6.39. The second-order valence-corrected chi connectivity index (χ2v) is 7.27. The summed E-state index contributed by atoms with van der Waals surface area (Å²) in [7, 11) is 3.07. The second-order valence-electron chi connectivity index (χ2n) is 6.41. The third kappa shape index (κ3) is 4.51. The summed E-state index contributed by atoms with van der Waals surface area (Å²) in [5, 5.41) is 4.13. The van der Waals surface area contributed by atoms with Crippen LogP contribution >= 0.6 is 15.9 Å². The van der Waals surface area contributed by atoms with E-state index in [1.54, 1.807) is 24.4 Å². The van der Waals surface area contributed by atoms with E-state index < -0.39 is 0 Å². The number of hydrazone groups is 1. The summed E-state index contributed by atoms with van der Waals surface area (Å²) in [6.45, 7) is 4.05. The zero-order chi connectivity index (χ0) is 21.0. The lowest BCUT2D eigenvalue weighted by molar-refractivity contribution is 0.0954. The molecule has 29 heavy (non-hydrogen) atoms. The summed E-state index contributed by atoms with van der Waals surface area (Å²) in [6.07, 6.45) is 1.64.